The molecule has 0 fully saturated rings. The minimum absolute atomic E-state index is 0.579. The largest absolute Gasteiger partial charge is 0.249 e. The molecule has 10 heavy (non-hydrogen) atoms. The van der Waals surface area contributed by atoms with Gasteiger partial charge in [-0.25, -0.2) is 4.98 Å². The molecule has 1 heterocycles. The van der Waals surface area contributed by atoms with Crippen molar-refractivity contribution in [2.45, 2.75) is 11.9 Å². The van der Waals surface area contributed by atoms with Crippen molar-refractivity contribution in [3.63, 3.8) is 0 Å². The molecule has 50 valence electrons. The van der Waals surface area contributed by atoms with Crippen LogP contribution in [-0.4, -0.2) is 4.98 Å². The van der Waals surface area contributed by atoms with Gasteiger partial charge in [-0.05, 0) is 18.6 Å². The summed E-state index contributed by atoms with van der Waals surface area (Å²) in [5.41, 5.74) is 1.51. The number of aromatic nitrogens is 1. The van der Waals surface area contributed by atoms with Crippen molar-refractivity contribution in [2.24, 2.45) is 0 Å². The molecule has 0 N–H and O–H groups in total. The van der Waals surface area contributed by atoms with E-state index in [2.05, 4.69) is 17.6 Å². The van der Waals surface area contributed by atoms with Crippen LogP contribution in [0.5, 0.6) is 0 Å². The van der Waals surface area contributed by atoms with E-state index in [0.29, 0.717) is 10.6 Å². The first-order valence-corrected chi connectivity index (χ1v) is 3.24. The number of hydrogen-bond donors (Lipinski definition) is 1. The molecule has 1 aromatic heterocycles. The van der Waals surface area contributed by atoms with Crippen molar-refractivity contribution < 1.29 is 0 Å². The highest BCUT2D eigenvalue weighted by Gasteiger charge is 1.94. The minimum Gasteiger partial charge on any atom is -0.249 e. The third kappa shape index (κ3) is 1.28. The topological polar surface area (TPSA) is 36.7 Å². The van der Waals surface area contributed by atoms with Crippen molar-refractivity contribution in [1.29, 1.82) is 5.26 Å². The predicted molar refractivity (Wildman–Crippen MR) is 40.9 cm³/mol. The SMILES string of the molecule is Cc1cc(C#N)cnc1S. The zero-order valence-electron chi connectivity index (χ0n) is 5.50. The van der Waals surface area contributed by atoms with Crippen molar-refractivity contribution in [1.82, 2.24) is 4.98 Å². The van der Waals surface area contributed by atoms with E-state index < -0.39 is 0 Å². The van der Waals surface area contributed by atoms with E-state index in [9.17, 15) is 0 Å². The first-order valence-electron chi connectivity index (χ1n) is 2.80. The summed E-state index contributed by atoms with van der Waals surface area (Å²) in [7, 11) is 0. The Morgan fingerprint density at radius 3 is 2.90 bits per heavy atom. The minimum atomic E-state index is 0.579. The standard InChI is InChI=1S/C7H6N2S/c1-5-2-6(3-8)4-9-7(5)10/h2,4H,1H3,(H,9,10). The second-order valence-corrected chi connectivity index (χ2v) is 2.40. The number of rotatable bonds is 0. The molecule has 0 atom stereocenters. The summed E-state index contributed by atoms with van der Waals surface area (Å²) < 4.78 is 0. The van der Waals surface area contributed by atoms with Gasteiger partial charge in [0, 0.05) is 6.20 Å². The molecule has 0 unspecified atom stereocenters. The van der Waals surface area contributed by atoms with Crippen molar-refractivity contribution in [2.75, 3.05) is 0 Å². The summed E-state index contributed by atoms with van der Waals surface area (Å²) in [6, 6.07) is 3.76. The van der Waals surface area contributed by atoms with Crippen LogP contribution in [-0.2, 0) is 0 Å². The van der Waals surface area contributed by atoms with Crippen LogP contribution in [0.2, 0.25) is 0 Å². The number of thiol groups is 1. The maximum Gasteiger partial charge on any atom is 0.101 e. The van der Waals surface area contributed by atoms with Crippen LogP contribution >= 0.6 is 12.6 Å². The Morgan fingerprint density at radius 1 is 1.70 bits per heavy atom. The molecule has 3 heteroatoms. The molecule has 0 amide bonds. The molecular formula is C7H6N2S. The molecule has 0 aromatic carbocycles. The fourth-order valence-corrected chi connectivity index (χ4v) is 0.751. The molecular weight excluding hydrogens is 144 g/mol. The lowest BCUT2D eigenvalue weighted by molar-refractivity contribution is 1.08. The first kappa shape index (κ1) is 7.10. The van der Waals surface area contributed by atoms with Gasteiger partial charge in [0.15, 0.2) is 0 Å². The van der Waals surface area contributed by atoms with Gasteiger partial charge in [-0.3, -0.25) is 0 Å². The highest BCUT2D eigenvalue weighted by atomic mass is 32.1. The van der Waals surface area contributed by atoms with E-state index in [4.69, 9.17) is 5.26 Å². The fourth-order valence-electron chi connectivity index (χ4n) is 0.629. The summed E-state index contributed by atoms with van der Waals surface area (Å²) in [5.74, 6) is 0. The van der Waals surface area contributed by atoms with Crippen LogP contribution < -0.4 is 0 Å². The average Bonchev–Trinajstić information content (AvgIpc) is 1.95. The van der Waals surface area contributed by atoms with Gasteiger partial charge in [0.2, 0.25) is 0 Å². The van der Waals surface area contributed by atoms with Gasteiger partial charge < -0.3 is 0 Å². The lowest BCUT2D eigenvalue weighted by atomic mass is 10.2. The van der Waals surface area contributed by atoms with Gasteiger partial charge in [0.1, 0.15) is 6.07 Å². The van der Waals surface area contributed by atoms with Gasteiger partial charge in [0.25, 0.3) is 0 Å². The molecule has 1 rings (SSSR count). The molecule has 0 spiro atoms. The molecule has 0 saturated heterocycles. The highest BCUT2D eigenvalue weighted by Crippen LogP contribution is 2.09. The molecule has 0 aliphatic heterocycles. The summed E-state index contributed by atoms with van der Waals surface area (Å²) in [6.07, 6.45) is 1.51. The smallest absolute Gasteiger partial charge is 0.101 e. The maximum atomic E-state index is 8.44. The van der Waals surface area contributed by atoms with E-state index in [0.717, 1.165) is 5.56 Å². The van der Waals surface area contributed by atoms with Crippen molar-refractivity contribution in [3.05, 3.63) is 23.4 Å². The molecule has 1 aromatic rings. The Balaban J connectivity index is 3.20. The fraction of sp³-hybridized carbons (Fsp3) is 0.143. The van der Waals surface area contributed by atoms with Crippen LogP contribution in [0, 0.1) is 18.3 Å². The van der Waals surface area contributed by atoms with E-state index in [1.54, 1.807) is 6.07 Å². The van der Waals surface area contributed by atoms with Crippen LogP contribution in [0.4, 0.5) is 0 Å². The van der Waals surface area contributed by atoms with Crippen LogP contribution in [0.3, 0.4) is 0 Å². The maximum absolute atomic E-state index is 8.44. The molecule has 2 nitrogen and oxygen atoms in total. The monoisotopic (exact) mass is 150 g/mol. The summed E-state index contributed by atoms with van der Waals surface area (Å²) in [5, 5.41) is 9.12. The number of nitrogens with zero attached hydrogens (tertiary/aromatic N) is 2. The Bertz CT molecular complexity index is 288. The highest BCUT2D eigenvalue weighted by molar-refractivity contribution is 7.80. The van der Waals surface area contributed by atoms with Gasteiger partial charge in [-0.1, -0.05) is 0 Å². The zero-order valence-corrected chi connectivity index (χ0v) is 6.39. The number of hydrogen-bond acceptors (Lipinski definition) is 3. The molecule has 0 radical (unpaired) electrons. The molecule has 0 aliphatic carbocycles. The lowest BCUT2D eigenvalue weighted by Crippen LogP contribution is -1.83. The van der Waals surface area contributed by atoms with Crippen molar-refractivity contribution >= 4 is 12.6 Å². The van der Waals surface area contributed by atoms with Gasteiger partial charge in [-0.15, -0.1) is 12.6 Å². The second-order valence-electron chi connectivity index (χ2n) is 1.98. The van der Waals surface area contributed by atoms with E-state index in [-0.39, 0.29) is 0 Å². The van der Waals surface area contributed by atoms with E-state index >= 15 is 0 Å². The number of aryl methyl sites for hydroxylation is 1. The number of nitriles is 1. The normalized spacial score (nSPS) is 8.90. The molecule has 0 bridgehead atoms. The Labute approximate surface area is 64.9 Å². The van der Waals surface area contributed by atoms with E-state index in [1.807, 2.05) is 13.0 Å². The lowest BCUT2D eigenvalue weighted by Gasteiger charge is -1.94. The Kier molecular flexibility index (Phi) is 1.93. The second kappa shape index (κ2) is 2.72. The van der Waals surface area contributed by atoms with Gasteiger partial charge in [0.05, 0.1) is 10.6 Å². The summed E-state index contributed by atoms with van der Waals surface area (Å²) >= 11 is 4.06. The quantitative estimate of drug-likeness (QED) is 0.570. The Hall–Kier alpha value is -1.01. The predicted octanol–water partition coefficient (Wildman–Crippen LogP) is 1.55. The molecule has 0 saturated carbocycles. The van der Waals surface area contributed by atoms with Crippen LogP contribution in [0.25, 0.3) is 0 Å². The number of pyridine rings is 1. The van der Waals surface area contributed by atoms with Gasteiger partial charge >= 0.3 is 0 Å². The average molecular weight is 150 g/mol. The summed E-state index contributed by atoms with van der Waals surface area (Å²) in [6.45, 7) is 1.87. The van der Waals surface area contributed by atoms with Crippen molar-refractivity contribution in [3.8, 4) is 6.07 Å². The first-order chi connectivity index (χ1) is 4.74. The van der Waals surface area contributed by atoms with E-state index in [1.165, 1.54) is 6.20 Å². The van der Waals surface area contributed by atoms with Crippen LogP contribution in [0.1, 0.15) is 11.1 Å². The third-order valence-electron chi connectivity index (χ3n) is 1.18. The summed E-state index contributed by atoms with van der Waals surface area (Å²) in [4.78, 5) is 3.89. The van der Waals surface area contributed by atoms with Gasteiger partial charge in [-0.2, -0.15) is 5.26 Å². The molecule has 0 aliphatic rings. The third-order valence-corrected chi connectivity index (χ3v) is 1.65. The zero-order chi connectivity index (χ0) is 7.56. The Morgan fingerprint density at radius 2 is 2.40 bits per heavy atom. The van der Waals surface area contributed by atoms with Crippen LogP contribution in [0.15, 0.2) is 17.3 Å².